The molecule has 2 aliphatic heterocycles. The average molecular weight is 545 g/mol. The molecule has 2 aliphatic rings. The first-order valence-electron chi connectivity index (χ1n) is 12.8. The number of hydrogen-bond acceptors (Lipinski definition) is 5. The maximum atomic E-state index is 14.1. The summed E-state index contributed by atoms with van der Waals surface area (Å²) in [6.45, 7) is 0.678. The van der Waals surface area contributed by atoms with E-state index >= 15 is 0 Å². The van der Waals surface area contributed by atoms with Gasteiger partial charge >= 0.3 is 0 Å². The smallest absolute Gasteiger partial charge is 0.250 e. The molecule has 0 radical (unpaired) electrons. The van der Waals surface area contributed by atoms with Crippen LogP contribution in [0.3, 0.4) is 0 Å². The van der Waals surface area contributed by atoms with Gasteiger partial charge in [-0.3, -0.25) is 9.80 Å². The number of hydrogen-bond donors (Lipinski definition) is 2. The van der Waals surface area contributed by atoms with Crippen LogP contribution in [-0.2, 0) is 0 Å². The zero-order valence-corrected chi connectivity index (χ0v) is 21.5. The molecule has 6 rings (SSSR count). The third-order valence-corrected chi connectivity index (χ3v) is 8.25. The molecule has 200 valence electrons. The van der Waals surface area contributed by atoms with Crippen LogP contribution in [0.2, 0.25) is 0 Å². The van der Waals surface area contributed by atoms with Crippen LogP contribution < -0.4 is 0 Å². The molecule has 11 heteroatoms. The highest BCUT2D eigenvalue weighted by molar-refractivity contribution is 7.80. The molecule has 4 aromatic rings. The van der Waals surface area contributed by atoms with Crippen LogP contribution >= 0.6 is 12.2 Å². The van der Waals surface area contributed by atoms with Gasteiger partial charge in [-0.25, -0.2) is 27.5 Å². The summed E-state index contributed by atoms with van der Waals surface area (Å²) in [4.78, 5) is 19.8. The lowest BCUT2D eigenvalue weighted by Crippen LogP contribution is -2.48. The SMILES string of the molecule is FC1(F)CCN(C(C(=S)C(c2cnc3[nH]ccc3c2)N2CCC(F)(F)CC2)c2cnc3[nH]ccc3c2)CC1. The Hall–Kier alpha value is -2.89. The van der Waals surface area contributed by atoms with Crippen LogP contribution in [0.5, 0.6) is 0 Å². The monoisotopic (exact) mass is 544 g/mol. The van der Waals surface area contributed by atoms with Crippen molar-refractivity contribution >= 4 is 39.1 Å². The third kappa shape index (κ3) is 4.94. The highest BCUT2D eigenvalue weighted by atomic mass is 32.1. The van der Waals surface area contributed by atoms with Gasteiger partial charge in [0, 0.05) is 92.3 Å². The summed E-state index contributed by atoms with van der Waals surface area (Å²) in [6.07, 6.45) is 6.02. The Morgan fingerprint density at radius 3 is 1.53 bits per heavy atom. The van der Waals surface area contributed by atoms with E-state index in [1.807, 2.05) is 34.1 Å². The zero-order chi connectivity index (χ0) is 26.5. The number of likely N-dealkylation sites (tertiary alicyclic amines) is 2. The minimum absolute atomic E-state index is 0.170. The van der Waals surface area contributed by atoms with Crippen LogP contribution in [-0.4, -0.2) is 72.6 Å². The highest BCUT2D eigenvalue weighted by Crippen LogP contribution is 2.40. The van der Waals surface area contributed by atoms with Crippen molar-refractivity contribution in [3.8, 4) is 0 Å². The maximum Gasteiger partial charge on any atom is 0.250 e. The van der Waals surface area contributed by atoms with E-state index in [1.165, 1.54) is 0 Å². The summed E-state index contributed by atoms with van der Waals surface area (Å²) in [5, 5.41) is 1.78. The van der Waals surface area contributed by atoms with Crippen LogP contribution in [0.4, 0.5) is 17.6 Å². The van der Waals surface area contributed by atoms with Gasteiger partial charge in [-0.2, -0.15) is 0 Å². The van der Waals surface area contributed by atoms with Gasteiger partial charge in [-0.1, -0.05) is 12.2 Å². The number of thiocarbonyl (C=S) groups is 1. The van der Waals surface area contributed by atoms with Crippen LogP contribution in [0.25, 0.3) is 22.1 Å². The standard InChI is InChI=1S/C27H28F4N6S/c28-26(29)3-9-36(10-4-26)21(19-13-17-1-7-32-24(17)34-15-19)23(38)22(37-11-5-27(30,31)6-12-37)20-14-18-2-8-33-25(18)35-16-20/h1-2,7-8,13-16,21-22H,3-6,9-12H2,(H,32,34)(H,33,35). The summed E-state index contributed by atoms with van der Waals surface area (Å²) < 4.78 is 56.6. The number of aromatic nitrogens is 4. The molecule has 0 saturated carbocycles. The molecule has 0 aliphatic carbocycles. The molecule has 2 atom stereocenters. The first kappa shape index (κ1) is 25.4. The molecule has 0 spiro atoms. The van der Waals surface area contributed by atoms with Crippen molar-refractivity contribution < 1.29 is 17.6 Å². The molecule has 2 N–H and O–H groups in total. The first-order valence-corrected chi connectivity index (χ1v) is 13.2. The van der Waals surface area contributed by atoms with Crippen LogP contribution in [0.1, 0.15) is 48.9 Å². The number of rotatable bonds is 6. The van der Waals surface area contributed by atoms with Crippen molar-refractivity contribution in [3.63, 3.8) is 0 Å². The van der Waals surface area contributed by atoms with E-state index in [1.54, 1.807) is 24.8 Å². The zero-order valence-electron chi connectivity index (χ0n) is 20.6. The molecule has 4 aromatic heterocycles. The largest absolute Gasteiger partial charge is 0.346 e. The van der Waals surface area contributed by atoms with Crippen molar-refractivity contribution in [1.82, 2.24) is 29.7 Å². The third-order valence-electron chi connectivity index (χ3n) is 7.80. The molecule has 0 aromatic carbocycles. The molecular weight excluding hydrogens is 516 g/mol. The van der Waals surface area contributed by atoms with Gasteiger partial charge in [-0.15, -0.1) is 0 Å². The lowest BCUT2D eigenvalue weighted by Gasteiger charge is -2.43. The van der Waals surface area contributed by atoms with Crippen molar-refractivity contribution in [3.05, 3.63) is 60.2 Å². The number of piperidine rings is 2. The number of nitrogens with one attached hydrogen (secondary N) is 2. The Kier molecular flexibility index (Phi) is 6.48. The number of halogens is 4. The number of aromatic amines is 2. The lowest BCUT2D eigenvalue weighted by atomic mass is 9.90. The van der Waals surface area contributed by atoms with Crippen molar-refractivity contribution in [2.75, 3.05) is 26.2 Å². The molecular formula is C27H28F4N6S. The van der Waals surface area contributed by atoms with Gasteiger partial charge in [0.25, 0.3) is 11.8 Å². The number of pyridine rings is 2. The molecule has 2 saturated heterocycles. The van der Waals surface area contributed by atoms with E-state index in [0.717, 1.165) is 33.2 Å². The Bertz CT molecular complexity index is 1340. The fourth-order valence-corrected chi connectivity index (χ4v) is 6.26. The summed E-state index contributed by atoms with van der Waals surface area (Å²) in [7, 11) is 0. The van der Waals surface area contributed by atoms with Gasteiger partial charge in [-0.05, 0) is 35.4 Å². The van der Waals surface area contributed by atoms with Gasteiger partial charge < -0.3 is 9.97 Å². The van der Waals surface area contributed by atoms with E-state index < -0.39 is 23.9 Å². The minimum atomic E-state index is -2.72. The second kappa shape index (κ2) is 9.69. The van der Waals surface area contributed by atoms with E-state index in [-0.39, 0.29) is 51.9 Å². The van der Waals surface area contributed by atoms with Crippen molar-refractivity contribution in [2.45, 2.75) is 49.6 Å². The van der Waals surface area contributed by atoms with Crippen molar-refractivity contribution in [1.29, 1.82) is 0 Å². The number of nitrogens with zero attached hydrogens (tertiary/aromatic N) is 4. The number of H-pyrrole nitrogens is 2. The maximum absolute atomic E-state index is 14.1. The average Bonchev–Trinajstić information content (AvgIpc) is 3.55. The molecule has 0 amide bonds. The fourth-order valence-electron chi connectivity index (χ4n) is 5.69. The Morgan fingerprint density at radius 2 is 1.13 bits per heavy atom. The van der Waals surface area contributed by atoms with Gasteiger partial charge in [0.1, 0.15) is 11.3 Å². The summed E-state index contributed by atoms with van der Waals surface area (Å²) >= 11 is 6.21. The van der Waals surface area contributed by atoms with Gasteiger partial charge in [0.05, 0.1) is 12.1 Å². The van der Waals surface area contributed by atoms with E-state index in [4.69, 9.17) is 12.2 Å². The minimum Gasteiger partial charge on any atom is -0.346 e. The van der Waals surface area contributed by atoms with Crippen LogP contribution in [0.15, 0.2) is 49.1 Å². The first-order chi connectivity index (χ1) is 18.2. The quantitative estimate of drug-likeness (QED) is 0.229. The topological polar surface area (TPSA) is 63.8 Å². The molecule has 38 heavy (non-hydrogen) atoms. The number of alkyl halides is 4. The summed E-state index contributed by atoms with van der Waals surface area (Å²) in [5.41, 5.74) is 3.05. The Balaban J connectivity index is 1.42. The Morgan fingerprint density at radius 1 is 0.737 bits per heavy atom. The van der Waals surface area contributed by atoms with Gasteiger partial charge in [0.15, 0.2) is 0 Å². The van der Waals surface area contributed by atoms with E-state index in [2.05, 4.69) is 19.9 Å². The second-order valence-electron chi connectivity index (χ2n) is 10.4. The predicted octanol–water partition coefficient (Wildman–Crippen LogP) is 6.05. The molecule has 0 bridgehead atoms. The lowest BCUT2D eigenvalue weighted by molar-refractivity contribution is -0.0618. The van der Waals surface area contributed by atoms with Crippen LogP contribution in [0, 0.1) is 0 Å². The van der Waals surface area contributed by atoms with Gasteiger partial charge in [0.2, 0.25) is 0 Å². The Labute approximate surface area is 222 Å². The second-order valence-corrected chi connectivity index (χ2v) is 10.8. The molecule has 2 unspecified atom stereocenters. The summed E-state index contributed by atoms with van der Waals surface area (Å²) in [5.74, 6) is -5.43. The highest BCUT2D eigenvalue weighted by Gasteiger charge is 2.43. The normalized spacial score (nSPS) is 22.0. The van der Waals surface area contributed by atoms with Crippen molar-refractivity contribution in [2.24, 2.45) is 0 Å². The fraction of sp³-hybridized carbons (Fsp3) is 0.444. The molecule has 6 nitrogen and oxygen atoms in total. The summed E-state index contributed by atoms with van der Waals surface area (Å²) in [6, 6.07) is 6.79. The number of fused-ring (bicyclic) bond motifs is 2. The molecule has 6 heterocycles. The predicted molar refractivity (Wildman–Crippen MR) is 142 cm³/mol. The molecule has 2 fully saturated rings. The van der Waals surface area contributed by atoms with E-state index in [9.17, 15) is 17.6 Å². The van der Waals surface area contributed by atoms with E-state index in [0.29, 0.717) is 4.86 Å².